The summed E-state index contributed by atoms with van der Waals surface area (Å²) >= 11 is 6.01. The highest BCUT2D eigenvalue weighted by molar-refractivity contribution is 6.32. The molecule has 5 nitrogen and oxygen atoms in total. The molecule has 1 amide bonds. The zero-order valence-electron chi connectivity index (χ0n) is 13.7. The van der Waals surface area contributed by atoms with Gasteiger partial charge in [0.1, 0.15) is 31.1 Å². The van der Waals surface area contributed by atoms with Crippen molar-refractivity contribution in [3.8, 4) is 17.6 Å². The average molecular weight is 359 g/mol. The quantitative estimate of drug-likeness (QED) is 0.697. The van der Waals surface area contributed by atoms with Crippen LogP contribution >= 0.6 is 11.6 Å². The number of hydrogen-bond acceptors (Lipinski definition) is 4. The molecule has 2 rings (SSSR count). The average Bonchev–Trinajstić information content (AvgIpc) is 2.61. The molecule has 0 aromatic heterocycles. The Hall–Kier alpha value is -2.71. The Morgan fingerprint density at radius 2 is 1.80 bits per heavy atom. The molecule has 0 spiro atoms. The first-order valence-corrected chi connectivity index (χ1v) is 8.29. The van der Waals surface area contributed by atoms with Crippen LogP contribution in [-0.2, 0) is 11.2 Å². The maximum absolute atomic E-state index is 11.2. The molecule has 2 aromatic rings. The van der Waals surface area contributed by atoms with Gasteiger partial charge in [-0.2, -0.15) is 5.26 Å². The van der Waals surface area contributed by atoms with Crippen molar-refractivity contribution in [1.29, 1.82) is 5.26 Å². The summed E-state index contributed by atoms with van der Waals surface area (Å²) < 4.78 is 11.2. The van der Waals surface area contributed by atoms with Crippen molar-refractivity contribution in [2.24, 2.45) is 0 Å². The van der Waals surface area contributed by atoms with Crippen LogP contribution in [0.15, 0.2) is 48.5 Å². The minimum Gasteiger partial charge on any atom is -0.490 e. The third kappa shape index (κ3) is 6.74. The SMILES string of the molecule is N#CCC(=O)NCCc1ccc(OCCOc2ccccc2Cl)cc1. The molecule has 0 bridgehead atoms. The van der Waals surface area contributed by atoms with Crippen molar-refractivity contribution in [1.82, 2.24) is 5.32 Å². The molecule has 0 aliphatic heterocycles. The molecule has 0 saturated carbocycles. The molecule has 25 heavy (non-hydrogen) atoms. The number of carbonyl (C=O) groups excluding carboxylic acids is 1. The van der Waals surface area contributed by atoms with Crippen LogP contribution in [0.25, 0.3) is 0 Å². The summed E-state index contributed by atoms with van der Waals surface area (Å²) in [6.45, 7) is 1.32. The topological polar surface area (TPSA) is 71.4 Å². The maximum atomic E-state index is 11.2. The highest BCUT2D eigenvalue weighted by Crippen LogP contribution is 2.22. The zero-order valence-corrected chi connectivity index (χ0v) is 14.5. The van der Waals surface area contributed by atoms with Crippen LogP contribution < -0.4 is 14.8 Å². The fourth-order valence-corrected chi connectivity index (χ4v) is 2.30. The van der Waals surface area contributed by atoms with Crippen molar-refractivity contribution in [2.75, 3.05) is 19.8 Å². The number of nitrogens with one attached hydrogen (secondary N) is 1. The van der Waals surface area contributed by atoms with Gasteiger partial charge in [0, 0.05) is 6.54 Å². The number of hydrogen-bond donors (Lipinski definition) is 1. The monoisotopic (exact) mass is 358 g/mol. The van der Waals surface area contributed by atoms with Gasteiger partial charge in [0.05, 0.1) is 11.1 Å². The molecule has 2 aromatic carbocycles. The number of halogens is 1. The third-order valence-electron chi connectivity index (χ3n) is 3.35. The van der Waals surface area contributed by atoms with Crippen molar-refractivity contribution < 1.29 is 14.3 Å². The largest absolute Gasteiger partial charge is 0.490 e. The van der Waals surface area contributed by atoms with Crippen molar-refractivity contribution in [3.63, 3.8) is 0 Å². The first-order valence-electron chi connectivity index (χ1n) is 7.92. The number of para-hydroxylation sites is 1. The lowest BCUT2D eigenvalue weighted by Crippen LogP contribution is -2.24. The van der Waals surface area contributed by atoms with E-state index in [0.717, 1.165) is 11.3 Å². The Morgan fingerprint density at radius 3 is 2.52 bits per heavy atom. The Labute approximate surface area is 152 Å². The van der Waals surface area contributed by atoms with Gasteiger partial charge in [-0.05, 0) is 36.2 Å². The van der Waals surface area contributed by atoms with Gasteiger partial charge < -0.3 is 14.8 Å². The van der Waals surface area contributed by atoms with E-state index in [4.69, 9.17) is 26.3 Å². The van der Waals surface area contributed by atoms with Gasteiger partial charge >= 0.3 is 0 Å². The van der Waals surface area contributed by atoms with E-state index < -0.39 is 0 Å². The van der Waals surface area contributed by atoms with Crippen LogP contribution in [-0.4, -0.2) is 25.7 Å². The van der Waals surface area contributed by atoms with Crippen LogP contribution in [0.4, 0.5) is 0 Å². The lowest BCUT2D eigenvalue weighted by molar-refractivity contribution is -0.120. The molecule has 0 fully saturated rings. The molecule has 1 N–H and O–H groups in total. The highest BCUT2D eigenvalue weighted by Gasteiger charge is 2.01. The number of benzene rings is 2. The molecular weight excluding hydrogens is 340 g/mol. The van der Waals surface area contributed by atoms with Crippen molar-refractivity contribution in [2.45, 2.75) is 12.8 Å². The molecule has 0 aliphatic rings. The van der Waals surface area contributed by atoms with Gasteiger partial charge in [-0.25, -0.2) is 0 Å². The fraction of sp³-hybridized carbons (Fsp3) is 0.263. The van der Waals surface area contributed by atoms with Crippen LogP contribution in [0.1, 0.15) is 12.0 Å². The van der Waals surface area contributed by atoms with E-state index in [2.05, 4.69) is 5.32 Å². The maximum Gasteiger partial charge on any atom is 0.234 e. The van der Waals surface area contributed by atoms with E-state index >= 15 is 0 Å². The van der Waals surface area contributed by atoms with Gasteiger partial charge in [0.15, 0.2) is 0 Å². The van der Waals surface area contributed by atoms with Gasteiger partial charge in [0.2, 0.25) is 5.91 Å². The Kier molecular flexibility index (Phi) is 7.61. The fourth-order valence-electron chi connectivity index (χ4n) is 2.11. The second-order valence-electron chi connectivity index (χ2n) is 5.21. The second kappa shape index (κ2) is 10.2. The number of rotatable bonds is 9. The Morgan fingerprint density at radius 1 is 1.08 bits per heavy atom. The molecule has 0 radical (unpaired) electrons. The third-order valence-corrected chi connectivity index (χ3v) is 3.66. The van der Waals surface area contributed by atoms with E-state index in [-0.39, 0.29) is 12.3 Å². The lowest BCUT2D eigenvalue weighted by Gasteiger charge is -2.10. The van der Waals surface area contributed by atoms with Crippen LogP contribution in [0.2, 0.25) is 5.02 Å². The molecule has 6 heteroatoms. The number of ether oxygens (including phenoxy) is 2. The number of nitriles is 1. The molecule has 0 saturated heterocycles. The molecule has 0 atom stereocenters. The summed E-state index contributed by atoms with van der Waals surface area (Å²) in [6.07, 6.45) is 0.593. The predicted molar refractivity (Wildman–Crippen MR) is 95.8 cm³/mol. The van der Waals surface area contributed by atoms with Gasteiger partial charge in [0.25, 0.3) is 0 Å². The molecule has 0 heterocycles. The predicted octanol–water partition coefficient (Wildman–Crippen LogP) is 3.37. The Bertz CT molecular complexity index is 726. The standard InChI is InChI=1S/C19H19ClN2O3/c20-17-3-1-2-4-18(17)25-14-13-24-16-7-5-15(6-8-16)10-12-22-19(23)9-11-21/h1-8H,9-10,12-14H2,(H,22,23). The Balaban J connectivity index is 1.67. The minimum absolute atomic E-state index is 0.108. The summed E-state index contributed by atoms with van der Waals surface area (Å²) in [5.74, 6) is 1.14. The van der Waals surface area contributed by atoms with Gasteiger partial charge in [-0.15, -0.1) is 0 Å². The van der Waals surface area contributed by atoms with Crippen molar-refractivity contribution in [3.05, 3.63) is 59.1 Å². The van der Waals surface area contributed by atoms with E-state index in [1.807, 2.05) is 48.5 Å². The van der Waals surface area contributed by atoms with Crippen LogP contribution in [0.3, 0.4) is 0 Å². The van der Waals surface area contributed by atoms with Crippen LogP contribution in [0, 0.1) is 11.3 Å². The lowest BCUT2D eigenvalue weighted by atomic mass is 10.1. The summed E-state index contributed by atoms with van der Waals surface area (Å²) in [6, 6.07) is 16.8. The van der Waals surface area contributed by atoms with E-state index in [1.165, 1.54) is 0 Å². The molecule has 0 unspecified atom stereocenters. The minimum atomic E-state index is -0.249. The van der Waals surface area contributed by atoms with E-state index in [9.17, 15) is 4.79 Å². The summed E-state index contributed by atoms with van der Waals surface area (Å²) in [5, 5.41) is 11.7. The first kappa shape index (κ1) is 18.6. The number of amides is 1. The zero-order chi connectivity index (χ0) is 17.9. The summed E-state index contributed by atoms with van der Waals surface area (Å²) in [4.78, 5) is 11.2. The smallest absolute Gasteiger partial charge is 0.234 e. The summed E-state index contributed by atoms with van der Waals surface area (Å²) in [5.41, 5.74) is 1.08. The van der Waals surface area contributed by atoms with Crippen LogP contribution in [0.5, 0.6) is 11.5 Å². The van der Waals surface area contributed by atoms with E-state index in [1.54, 1.807) is 6.07 Å². The van der Waals surface area contributed by atoms with Gasteiger partial charge in [-0.1, -0.05) is 35.9 Å². The number of nitrogens with zero attached hydrogens (tertiary/aromatic N) is 1. The summed E-state index contributed by atoms with van der Waals surface area (Å²) in [7, 11) is 0. The van der Waals surface area contributed by atoms with Crippen molar-refractivity contribution >= 4 is 17.5 Å². The highest BCUT2D eigenvalue weighted by atomic mass is 35.5. The van der Waals surface area contributed by atoms with E-state index in [0.29, 0.717) is 37.0 Å². The normalized spacial score (nSPS) is 9.92. The van der Waals surface area contributed by atoms with Gasteiger partial charge in [-0.3, -0.25) is 4.79 Å². The molecule has 0 aliphatic carbocycles. The second-order valence-corrected chi connectivity index (χ2v) is 5.61. The first-order chi connectivity index (χ1) is 12.2. The molecular formula is C19H19ClN2O3. The molecule has 130 valence electrons. The number of carbonyl (C=O) groups is 1.